The largest absolute Gasteiger partial charge is 0.542 e. The van der Waals surface area contributed by atoms with Crippen LogP contribution in [0.3, 0.4) is 0 Å². The molecule has 2 N–H and O–H groups in total. The molecule has 1 fully saturated rings. The lowest BCUT2D eigenvalue weighted by Crippen LogP contribution is -2.83. The molecule has 8 nitrogen and oxygen atoms in total. The van der Waals surface area contributed by atoms with Gasteiger partial charge in [0, 0.05) is 36.1 Å². The highest BCUT2D eigenvalue weighted by molar-refractivity contribution is 5.96. The fourth-order valence-electron chi connectivity index (χ4n) is 5.31. The second-order valence-electron chi connectivity index (χ2n) is 10.8. The molecule has 0 spiro atoms. The van der Waals surface area contributed by atoms with E-state index in [9.17, 15) is 22.4 Å². The topological polar surface area (TPSA) is 119 Å². The van der Waals surface area contributed by atoms with Gasteiger partial charge in [-0.15, -0.1) is 0 Å². The van der Waals surface area contributed by atoms with E-state index in [1.165, 1.54) is 12.1 Å². The number of carboxylic acid groups (broad SMARTS) is 1. The van der Waals surface area contributed by atoms with Gasteiger partial charge in [-0.05, 0) is 74.4 Å². The first-order chi connectivity index (χ1) is 21.9. The number of anilines is 1. The van der Waals surface area contributed by atoms with Crippen LogP contribution >= 0.6 is 0 Å². The third-order valence-electron chi connectivity index (χ3n) is 7.73. The molecule has 46 heavy (non-hydrogen) atoms. The number of carboxylic acids is 1. The predicted molar refractivity (Wildman–Crippen MR) is 161 cm³/mol. The first kappa shape index (κ1) is 35.8. The summed E-state index contributed by atoms with van der Waals surface area (Å²) in [6, 6.07) is 19.8. The normalized spacial score (nSPS) is 16.0. The maximum atomic E-state index is 13.6. The minimum absolute atomic E-state index is 0.0686. The van der Waals surface area contributed by atoms with E-state index < -0.39 is 12.1 Å². The predicted octanol–water partition coefficient (Wildman–Crippen LogP) is 4.75. The molecule has 1 aliphatic heterocycles. The molecule has 3 aromatic rings. The first-order valence-electron chi connectivity index (χ1n) is 14.9. The molecule has 1 heterocycles. The average molecular weight is 644 g/mol. The van der Waals surface area contributed by atoms with Crippen LogP contribution in [0.15, 0.2) is 60.7 Å². The van der Waals surface area contributed by atoms with Gasteiger partial charge in [0.1, 0.15) is 29.8 Å². The van der Waals surface area contributed by atoms with Crippen molar-refractivity contribution in [3.8, 4) is 28.7 Å². The standard InChI is InChI=1S/C32H36FN3O3.C2HF3O2/c1-4-32(19-30(37)36(22-32)27-13-7-23(20-34)8-14-27)15-16-35-21-24-17-28(38-5-2)31(29(18-24)39-6-3)25-9-11-26(33)12-10-25;3-2(4,5)1(6)7/h7-14,17-18,35H,4-6,15-16,19,21-22H2,1-3H3;(H,6,7). The zero-order valence-corrected chi connectivity index (χ0v) is 26.0. The van der Waals surface area contributed by atoms with Gasteiger partial charge in [-0.2, -0.15) is 18.4 Å². The van der Waals surface area contributed by atoms with Gasteiger partial charge in [-0.25, -0.2) is 4.39 Å². The summed E-state index contributed by atoms with van der Waals surface area (Å²) >= 11 is 0. The lowest BCUT2D eigenvalue weighted by atomic mass is 9.81. The van der Waals surface area contributed by atoms with Crippen LogP contribution in [0.2, 0.25) is 0 Å². The summed E-state index contributed by atoms with van der Waals surface area (Å²) in [7, 11) is 0. The highest BCUT2D eigenvalue weighted by atomic mass is 19.4. The van der Waals surface area contributed by atoms with E-state index in [0.717, 1.165) is 59.8 Å². The molecule has 0 saturated carbocycles. The molecule has 1 atom stereocenters. The third-order valence-corrected chi connectivity index (χ3v) is 7.73. The highest BCUT2D eigenvalue weighted by Gasteiger charge is 2.42. The SMILES string of the molecule is CCOc1cc(C[NH2+]CCC2(CC)CC(=O)N(c3ccc(C#N)cc3)C2)cc(OCC)c1-c1ccc(F)cc1.O=C([O-])C(F)(F)F. The number of hydrogen-bond donors (Lipinski definition) is 1. The number of nitrogens with zero attached hydrogens (tertiary/aromatic N) is 2. The Morgan fingerprint density at radius 2 is 1.59 bits per heavy atom. The summed E-state index contributed by atoms with van der Waals surface area (Å²) in [4.78, 5) is 23.6. The minimum Gasteiger partial charge on any atom is -0.542 e. The minimum atomic E-state index is -5.19. The quantitative estimate of drug-likeness (QED) is 0.225. The van der Waals surface area contributed by atoms with Crippen LogP contribution in [0.25, 0.3) is 11.1 Å². The number of hydrogen-bond acceptors (Lipinski definition) is 6. The molecule has 0 aliphatic carbocycles. The Bertz CT molecular complexity index is 1490. The molecule has 12 heteroatoms. The second-order valence-corrected chi connectivity index (χ2v) is 10.8. The van der Waals surface area contributed by atoms with Crippen molar-refractivity contribution in [1.82, 2.24) is 0 Å². The van der Waals surface area contributed by atoms with Gasteiger partial charge in [0.05, 0.1) is 37.0 Å². The summed E-state index contributed by atoms with van der Waals surface area (Å²) in [6.07, 6.45) is -2.81. The summed E-state index contributed by atoms with van der Waals surface area (Å²) in [5.41, 5.74) is 4.14. The van der Waals surface area contributed by atoms with Gasteiger partial charge in [-0.3, -0.25) is 4.79 Å². The first-order valence-corrected chi connectivity index (χ1v) is 14.9. The molecule has 1 saturated heterocycles. The third kappa shape index (κ3) is 9.44. The van der Waals surface area contributed by atoms with Crippen LogP contribution in [-0.4, -0.2) is 44.4 Å². The number of halogens is 4. The number of benzene rings is 3. The van der Waals surface area contributed by atoms with Crippen molar-refractivity contribution in [2.75, 3.05) is 31.2 Å². The van der Waals surface area contributed by atoms with E-state index in [1.807, 2.05) is 43.0 Å². The lowest BCUT2D eigenvalue weighted by molar-refractivity contribution is -0.672. The van der Waals surface area contributed by atoms with E-state index in [-0.39, 0.29) is 17.1 Å². The Morgan fingerprint density at radius 1 is 1.02 bits per heavy atom. The summed E-state index contributed by atoms with van der Waals surface area (Å²) in [5, 5.41) is 20.1. The van der Waals surface area contributed by atoms with Crippen molar-refractivity contribution in [1.29, 1.82) is 5.26 Å². The Morgan fingerprint density at radius 3 is 2.07 bits per heavy atom. The van der Waals surface area contributed by atoms with Crippen molar-refractivity contribution >= 4 is 17.6 Å². The number of rotatable bonds is 12. The summed E-state index contributed by atoms with van der Waals surface area (Å²) in [6.45, 7) is 9.39. The number of aliphatic carboxylic acids is 1. The van der Waals surface area contributed by atoms with Crippen molar-refractivity contribution in [3.05, 3.63) is 77.6 Å². The van der Waals surface area contributed by atoms with Crippen LogP contribution in [0.5, 0.6) is 11.5 Å². The van der Waals surface area contributed by atoms with Crippen LogP contribution in [0.4, 0.5) is 23.2 Å². The Kier molecular flexibility index (Phi) is 12.5. The fourth-order valence-corrected chi connectivity index (χ4v) is 5.31. The van der Waals surface area contributed by atoms with Crippen molar-refractivity contribution in [2.24, 2.45) is 5.41 Å². The van der Waals surface area contributed by atoms with Crippen molar-refractivity contribution in [3.63, 3.8) is 0 Å². The monoisotopic (exact) mass is 643 g/mol. The maximum absolute atomic E-state index is 13.6. The molecule has 1 amide bonds. The average Bonchev–Trinajstić information content (AvgIpc) is 3.36. The van der Waals surface area contributed by atoms with Crippen LogP contribution in [0, 0.1) is 22.6 Å². The number of carbonyl (C=O) groups is 2. The molecule has 0 aromatic heterocycles. The number of amides is 1. The Labute approximate surface area is 265 Å². The van der Waals surface area contributed by atoms with Crippen LogP contribution in [0.1, 0.15) is 51.2 Å². The van der Waals surface area contributed by atoms with Crippen molar-refractivity contribution < 1.29 is 47.0 Å². The van der Waals surface area contributed by atoms with E-state index in [4.69, 9.17) is 24.6 Å². The zero-order valence-electron chi connectivity index (χ0n) is 26.0. The number of nitrogens with two attached hydrogens (primary N) is 1. The van der Waals surface area contributed by atoms with Gasteiger partial charge >= 0.3 is 6.18 Å². The Hall–Kier alpha value is -4.63. The molecular weight excluding hydrogens is 606 g/mol. The maximum Gasteiger partial charge on any atom is 0.430 e. The van der Waals surface area contributed by atoms with E-state index >= 15 is 0 Å². The number of alkyl halides is 3. The molecule has 0 radical (unpaired) electrons. The molecule has 1 unspecified atom stereocenters. The van der Waals surface area contributed by atoms with Gasteiger partial charge in [-0.1, -0.05) is 19.1 Å². The van der Waals surface area contributed by atoms with E-state index in [2.05, 4.69) is 18.3 Å². The lowest BCUT2D eigenvalue weighted by Gasteiger charge is -2.26. The van der Waals surface area contributed by atoms with E-state index in [1.54, 1.807) is 24.3 Å². The molecule has 4 rings (SSSR count). The van der Waals surface area contributed by atoms with Crippen LogP contribution < -0.4 is 24.8 Å². The van der Waals surface area contributed by atoms with Gasteiger partial charge in [0.15, 0.2) is 0 Å². The summed E-state index contributed by atoms with van der Waals surface area (Å²) in [5.74, 6) is -1.70. The molecule has 3 aromatic carbocycles. The second kappa shape index (κ2) is 16.1. The number of ether oxygens (including phenoxy) is 2. The highest BCUT2D eigenvalue weighted by Crippen LogP contribution is 2.41. The number of quaternary nitrogens is 1. The van der Waals surface area contributed by atoms with Gasteiger partial charge in [0.25, 0.3) is 0 Å². The summed E-state index contributed by atoms with van der Waals surface area (Å²) < 4.78 is 57.1. The van der Waals surface area contributed by atoms with Gasteiger partial charge < -0.3 is 29.6 Å². The molecular formula is C34H37F4N3O5. The fraction of sp³-hybridized carbons (Fsp3) is 0.382. The van der Waals surface area contributed by atoms with Crippen molar-refractivity contribution in [2.45, 2.75) is 52.8 Å². The molecule has 1 aliphatic rings. The van der Waals surface area contributed by atoms with Gasteiger partial charge in [0.2, 0.25) is 5.91 Å². The molecule has 246 valence electrons. The number of nitriles is 1. The zero-order chi connectivity index (χ0) is 33.9. The van der Waals surface area contributed by atoms with E-state index in [0.29, 0.717) is 31.7 Å². The molecule has 0 bridgehead atoms. The smallest absolute Gasteiger partial charge is 0.430 e. The Balaban J connectivity index is 0.000000738. The van der Waals surface area contributed by atoms with Crippen LogP contribution in [-0.2, 0) is 16.1 Å². The number of carbonyl (C=O) groups excluding carboxylic acids is 2.